The molecule has 1 N–H and O–H groups in total. The number of carbonyl (C=O) groups excluding carboxylic acids is 2. The van der Waals surface area contributed by atoms with Gasteiger partial charge in [-0.05, 0) is 57.8 Å². The highest BCUT2D eigenvalue weighted by Gasteiger charge is 2.27. The van der Waals surface area contributed by atoms with Crippen LogP contribution < -0.4 is 0 Å². The first-order valence-corrected chi connectivity index (χ1v) is 22.5. The lowest BCUT2D eigenvalue weighted by Crippen LogP contribution is -2.37. The maximum atomic E-state index is 12.6. The molecule has 0 fully saturated rings. The zero-order chi connectivity index (χ0) is 40.0. The lowest BCUT2D eigenvalue weighted by Gasteiger charge is -2.24. The summed E-state index contributed by atoms with van der Waals surface area (Å²) in [7, 11) is 1.46. The van der Waals surface area contributed by atoms with Crippen LogP contribution in [0, 0.1) is 0 Å². The van der Waals surface area contributed by atoms with Gasteiger partial charge in [-0.25, -0.2) is 4.57 Å². The Labute approximate surface area is 330 Å². The fraction of sp³-hybridized carbons (Fsp3) is 0.727. The second-order valence-electron chi connectivity index (χ2n) is 15.0. The number of quaternary nitrogens is 1. The fourth-order valence-corrected chi connectivity index (χ4v) is 6.02. The van der Waals surface area contributed by atoms with E-state index < -0.39 is 26.5 Å². The number of nitrogens with zero attached hydrogens (tertiary/aromatic N) is 1. The van der Waals surface area contributed by atoms with Crippen LogP contribution in [-0.2, 0) is 32.7 Å². The number of unbranched alkanes of at least 4 members (excludes halogenated alkanes) is 13. The summed E-state index contributed by atoms with van der Waals surface area (Å²) in [4.78, 5) is 35.1. The summed E-state index contributed by atoms with van der Waals surface area (Å²) in [6.07, 6.45) is 42.9. The van der Waals surface area contributed by atoms with Gasteiger partial charge in [0.15, 0.2) is 6.10 Å². The third-order valence-corrected chi connectivity index (χ3v) is 9.55. The zero-order valence-corrected chi connectivity index (χ0v) is 35.8. The number of phosphoric ester groups is 1. The molecule has 0 heterocycles. The largest absolute Gasteiger partial charge is 0.472 e. The van der Waals surface area contributed by atoms with E-state index in [0.29, 0.717) is 17.4 Å². The van der Waals surface area contributed by atoms with Crippen molar-refractivity contribution in [3.63, 3.8) is 0 Å². The molecule has 2 atom stereocenters. The molecule has 0 aliphatic heterocycles. The van der Waals surface area contributed by atoms with Crippen molar-refractivity contribution in [2.24, 2.45) is 0 Å². The Morgan fingerprint density at radius 3 is 1.57 bits per heavy atom. The number of hydrogen-bond donors (Lipinski definition) is 1. The van der Waals surface area contributed by atoms with E-state index in [1.807, 2.05) is 21.1 Å². The second kappa shape index (κ2) is 36.4. The molecule has 0 amide bonds. The maximum absolute atomic E-state index is 12.6. The quantitative estimate of drug-likeness (QED) is 0.0218. The van der Waals surface area contributed by atoms with Crippen LogP contribution in [0.15, 0.2) is 60.8 Å². The van der Waals surface area contributed by atoms with Crippen LogP contribution in [0.4, 0.5) is 0 Å². The van der Waals surface area contributed by atoms with E-state index >= 15 is 0 Å². The summed E-state index contributed by atoms with van der Waals surface area (Å²) < 4.78 is 34.1. The van der Waals surface area contributed by atoms with Crippen molar-refractivity contribution in [3.8, 4) is 0 Å². The number of ether oxygens (including phenoxy) is 2. The number of hydrogen-bond acceptors (Lipinski definition) is 7. The maximum Gasteiger partial charge on any atom is 0.472 e. The van der Waals surface area contributed by atoms with Crippen molar-refractivity contribution in [1.29, 1.82) is 0 Å². The topological polar surface area (TPSA) is 108 Å². The van der Waals surface area contributed by atoms with Crippen molar-refractivity contribution >= 4 is 19.8 Å². The Balaban J connectivity index is 4.27. The molecule has 10 heteroatoms. The molecule has 0 saturated carbocycles. The van der Waals surface area contributed by atoms with Crippen LogP contribution in [0.2, 0.25) is 0 Å². The van der Waals surface area contributed by atoms with Gasteiger partial charge in [-0.3, -0.25) is 18.6 Å². The van der Waals surface area contributed by atoms with Crippen molar-refractivity contribution in [3.05, 3.63) is 60.8 Å². The van der Waals surface area contributed by atoms with Gasteiger partial charge in [-0.2, -0.15) is 0 Å². The number of phosphoric acid groups is 1. The molecule has 2 unspecified atom stereocenters. The molecule has 0 aliphatic carbocycles. The van der Waals surface area contributed by atoms with Crippen molar-refractivity contribution < 1.29 is 42.1 Å². The lowest BCUT2D eigenvalue weighted by atomic mass is 10.1. The summed E-state index contributed by atoms with van der Waals surface area (Å²) in [5.41, 5.74) is 0. The van der Waals surface area contributed by atoms with Crippen LogP contribution >= 0.6 is 7.82 Å². The van der Waals surface area contributed by atoms with Gasteiger partial charge >= 0.3 is 19.8 Å². The van der Waals surface area contributed by atoms with E-state index in [4.69, 9.17) is 18.5 Å². The minimum Gasteiger partial charge on any atom is -0.462 e. The van der Waals surface area contributed by atoms with Gasteiger partial charge in [0.05, 0.1) is 27.7 Å². The summed E-state index contributed by atoms with van der Waals surface area (Å²) in [6, 6.07) is 0. The second-order valence-corrected chi connectivity index (χ2v) is 16.5. The first-order chi connectivity index (χ1) is 26.0. The molecule has 0 aromatic carbocycles. The van der Waals surface area contributed by atoms with Crippen LogP contribution in [0.25, 0.3) is 0 Å². The molecule has 0 saturated heterocycles. The summed E-state index contributed by atoms with van der Waals surface area (Å²) >= 11 is 0. The molecule has 9 nitrogen and oxygen atoms in total. The van der Waals surface area contributed by atoms with E-state index in [9.17, 15) is 19.0 Å². The van der Waals surface area contributed by atoms with Crippen molar-refractivity contribution in [2.75, 3.05) is 47.5 Å². The lowest BCUT2D eigenvalue weighted by molar-refractivity contribution is -0.870. The van der Waals surface area contributed by atoms with Gasteiger partial charge in [-0.15, -0.1) is 0 Å². The molecule has 0 radical (unpaired) electrons. The normalized spacial score (nSPS) is 14.3. The Morgan fingerprint density at radius 2 is 1.06 bits per heavy atom. The van der Waals surface area contributed by atoms with E-state index in [2.05, 4.69) is 74.6 Å². The summed E-state index contributed by atoms with van der Waals surface area (Å²) in [5.74, 6) is -0.823. The SMILES string of the molecule is CC/C=C\C/C=C\C/C=C\C/C=C\C/C=C\CCCCCCCCCC(=O)OC(COC(=O)CCCCCCCCC)COP(=O)(O)OCC[N+](C)(C)C. The molecular formula is C44H79NO8P+. The monoisotopic (exact) mass is 781 g/mol. The molecule has 54 heavy (non-hydrogen) atoms. The highest BCUT2D eigenvalue weighted by atomic mass is 31.2. The fourth-order valence-electron chi connectivity index (χ4n) is 5.27. The van der Waals surface area contributed by atoms with E-state index in [1.54, 1.807) is 0 Å². The third kappa shape index (κ3) is 39.4. The number of carbonyl (C=O) groups is 2. The molecule has 0 bridgehead atoms. The van der Waals surface area contributed by atoms with Crippen LogP contribution in [0.5, 0.6) is 0 Å². The molecule has 0 aromatic rings. The van der Waals surface area contributed by atoms with E-state index in [0.717, 1.165) is 77.0 Å². The predicted molar refractivity (Wildman–Crippen MR) is 224 cm³/mol. The van der Waals surface area contributed by atoms with Gasteiger partial charge in [-0.1, -0.05) is 145 Å². The van der Waals surface area contributed by atoms with Crippen LogP contribution in [-0.4, -0.2) is 74.9 Å². The summed E-state index contributed by atoms with van der Waals surface area (Å²) in [5, 5.41) is 0. The average molecular weight is 781 g/mol. The Hall–Kier alpha value is -2.29. The van der Waals surface area contributed by atoms with E-state index in [1.165, 1.54) is 44.9 Å². The number of esters is 2. The van der Waals surface area contributed by atoms with Gasteiger partial charge in [0, 0.05) is 12.8 Å². The van der Waals surface area contributed by atoms with Crippen molar-refractivity contribution in [1.82, 2.24) is 0 Å². The first kappa shape index (κ1) is 51.7. The number of likely N-dealkylation sites (N-methyl/N-ethyl adjacent to an activating group) is 1. The highest BCUT2D eigenvalue weighted by Crippen LogP contribution is 2.43. The molecule has 0 aliphatic rings. The molecule has 0 rings (SSSR count). The van der Waals surface area contributed by atoms with Crippen LogP contribution in [0.3, 0.4) is 0 Å². The van der Waals surface area contributed by atoms with Gasteiger partial charge in [0.1, 0.15) is 19.8 Å². The van der Waals surface area contributed by atoms with Gasteiger partial charge in [0.25, 0.3) is 0 Å². The third-order valence-electron chi connectivity index (χ3n) is 8.56. The van der Waals surface area contributed by atoms with Gasteiger partial charge < -0.3 is 18.9 Å². The van der Waals surface area contributed by atoms with Gasteiger partial charge in [0.2, 0.25) is 0 Å². The van der Waals surface area contributed by atoms with Crippen molar-refractivity contribution in [2.45, 2.75) is 161 Å². The molecule has 0 spiro atoms. The van der Waals surface area contributed by atoms with E-state index in [-0.39, 0.29) is 32.0 Å². The molecule has 312 valence electrons. The zero-order valence-electron chi connectivity index (χ0n) is 34.9. The average Bonchev–Trinajstić information content (AvgIpc) is 3.12. The number of rotatable bonds is 37. The Morgan fingerprint density at radius 1 is 0.593 bits per heavy atom. The molecular weight excluding hydrogens is 701 g/mol. The number of allylic oxidation sites excluding steroid dienone is 10. The Bertz CT molecular complexity index is 1110. The molecule has 0 aromatic heterocycles. The first-order valence-electron chi connectivity index (χ1n) is 21.0. The minimum absolute atomic E-state index is 0.0272. The smallest absolute Gasteiger partial charge is 0.462 e. The van der Waals surface area contributed by atoms with Crippen LogP contribution in [0.1, 0.15) is 155 Å². The highest BCUT2D eigenvalue weighted by molar-refractivity contribution is 7.47. The minimum atomic E-state index is -4.37. The predicted octanol–water partition coefficient (Wildman–Crippen LogP) is 11.7. The summed E-state index contributed by atoms with van der Waals surface area (Å²) in [6.45, 7) is 4.23. The Kier molecular flexibility index (Phi) is 34.8. The standard InChI is InChI=1S/C44H78NO8P/c1-6-8-10-12-14-15-16-17-18-19-20-21-22-23-24-25-26-27-28-29-31-33-35-37-44(47)53-42(41-52-54(48,49)51-39-38-45(3,4)5)40-50-43(46)36-34-32-30-13-11-9-7-2/h8,10,14-15,17-18,20-21,23-24,42H,6-7,9,11-13,16,19,22,25-41H2,1-5H3/p+1/b10-8-,15-14-,18-17-,21-20-,24-23-.